The van der Waals surface area contributed by atoms with Crippen molar-refractivity contribution in [3.63, 3.8) is 0 Å². The molecule has 3 aromatic rings. The van der Waals surface area contributed by atoms with Gasteiger partial charge in [-0.2, -0.15) is 13.2 Å². The molecule has 150 valence electrons. The van der Waals surface area contributed by atoms with Gasteiger partial charge in [0.25, 0.3) is 0 Å². The highest BCUT2D eigenvalue weighted by molar-refractivity contribution is 5.86. The summed E-state index contributed by atoms with van der Waals surface area (Å²) in [5.41, 5.74) is 0.201. The highest BCUT2D eigenvalue weighted by Gasteiger charge is 2.33. The Balaban J connectivity index is 1.27. The summed E-state index contributed by atoms with van der Waals surface area (Å²) in [4.78, 5) is 17.6. The second-order valence-electron chi connectivity index (χ2n) is 6.82. The average molecular weight is 401 g/mol. The zero-order valence-corrected chi connectivity index (χ0v) is 15.3. The monoisotopic (exact) mass is 401 g/mol. The molecule has 2 aromatic carbocycles. The van der Waals surface area contributed by atoms with Gasteiger partial charge in [-0.1, -0.05) is 42.5 Å². The van der Waals surface area contributed by atoms with Crippen LogP contribution in [0.4, 0.5) is 18.0 Å². The number of nitrogens with one attached hydrogen (secondary N) is 1. The Morgan fingerprint density at radius 3 is 2.59 bits per heavy atom. The Bertz CT molecular complexity index is 1010. The van der Waals surface area contributed by atoms with Gasteiger partial charge in [-0.25, -0.2) is 9.78 Å². The number of pyridine rings is 1. The van der Waals surface area contributed by atoms with Gasteiger partial charge < -0.3 is 15.0 Å². The molecule has 5 nitrogen and oxygen atoms in total. The van der Waals surface area contributed by atoms with Crippen molar-refractivity contribution in [3.8, 4) is 5.88 Å². The largest absolute Gasteiger partial charge is 0.471 e. The number of likely N-dealkylation sites (tertiary alicyclic amines) is 1. The quantitative estimate of drug-likeness (QED) is 0.712. The standard InChI is InChI=1S/C21H18F3N3O2/c22-21(23,24)16-8-9-19(25-11-16)29-17-12-27(13-17)20(28)26-10-15-6-3-5-14-4-1-2-7-18(14)15/h1-9,11,17H,10,12-13H2,(H,26,28). The van der Waals surface area contributed by atoms with Gasteiger partial charge in [-0.15, -0.1) is 0 Å². The molecule has 0 radical (unpaired) electrons. The van der Waals surface area contributed by atoms with E-state index in [2.05, 4.69) is 10.3 Å². The van der Waals surface area contributed by atoms with Gasteiger partial charge in [0.15, 0.2) is 0 Å². The summed E-state index contributed by atoms with van der Waals surface area (Å²) in [6, 6.07) is 15.8. The molecule has 1 saturated heterocycles. The molecule has 2 heterocycles. The van der Waals surface area contributed by atoms with Crippen LogP contribution in [0.3, 0.4) is 0 Å². The summed E-state index contributed by atoms with van der Waals surface area (Å²) < 4.78 is 43.2. The second-order valence-corrected chi connectivity index (χ2v) is 6.82. The Morgan fingerprint density at radius 2 is 1.86 bits per heavy atom. The summed E-state index contributed by atoms with van der Waals surface area (Å²) in [6.07, 6.45) is -3.98. The van der Waals surface area contributed by atoms with Crippen molar-refractivity contribution in [2.24, 2.45) is 0 Å². The molecular formula is C21H18F3N3O2. The van der Waals surface area contributed by atoms with E-state index in [1.807, 2.05) is 42.5 Å². The van der Waals surface area contributed by atoms with Gasteiger partial charge >= 0.3 is 12.2 Å². The van der Waals surface area contributed by atoms with Crippen LogP contribution < -0.4 is 10.1 Å². The minimum atomic E-state index is -4.43. The zero-order chi connectivity index (χ0) is 20.4. The first-order chi connectivity index (χ1) is 13.9. The van der Waals surface area contributed by atoms with Gasteiger partial charge in [0.2, 0.25) is 5.88 Å². The van der Waals surface area contributed by atoms with Crippen LogP contribution in [0.15, 0.2) is 60.8 Å². The highest BCUT2D eigenvalue weighted by atomic mass is 19.4. The molecule has 1 aromatic heterocycles. The lowest BCUT2D eigenvalue weighted by Crippen LogP contribution is -2.58. The molecule has 1 N–H and O–H groups in total. The molecule has 1 aliphatic rings. The van der Waals surface area contributed by atoms with Crippen molar-refractivity contribution in [1.82, 2.24) is 15.2 Å². The number of hydrogen-bond acceptors (Lipinski definition) is 3. The van der Waals surface area contributed by atoms with Gasteiger partial charge in [-0.3, -0.25) is 0 Å². The summed E-state index contributed by atoms with van der Waals surface area (Å²) in [5, 5.41) is 5.10. The van der Waals surface area contributed by atoms with Crippen LogP contribution in [-0.4, -0.2) is 35.1 Å². The number of halogens is 3. The third-order valence-electron chi connectivity index (χ3n) is 4.80. The van der Waals surface area contributed by atoms with E-state index in [0.29, 0.717) is 19.6 Å². The van der Waals surface area contributed by atoms with Crippen molar-refractivity contribution in [3.05, 3.63) is 71.9 Å². The number of amides is 2. The van der Waals surface area contributed by atoms with E-state index in [-0.39, 0.29) is 18.0 Å². The fraction of sp³-hybridized carbons (Fsp3) is 0.238. The molecule has 0 atom stereocenters. The van der Waals surface area contributed by atoms with Crippen molar-refractivity contribution in [1.29, 1.82) is 0 Å². The Morgan fingerprint density at radius 1 is 1.10 bits per heavy atom. The predicted octanol–water partition coefficient (Wildman–Crippen LogP) is 4.23. The van der Waals surface area contributed by atoms with Crippen molar-refractivity contribution in [2.75, 3.05) is 13.1 Å². The van der Waals surface area contributed by atoms with E-state index in [9.17, 15) is 18.0 Å². The van der Waals surface area contributed by atoms with Crippen LogP contribution in [0.25, 0.3) is 10.8 Å². The van der Waals surface area contributed by atoms with Crippen LogP contribution >= 0.6 is 0 Å². The summed E-state index contributed by atoms with van der Waals surface area (Å²) in [6.45, 7) is 1.11. The van der Waals surface area contributed by atoms with Crippen LogP contribution in [0.2, 0.25) is 0 Å². The number of ether oxygens (including phenoxy) is 1. The second kappa shape index (κ2) is 7.62. The van der Waals surface area contributed by atoms with Crippen molar-refractivity contribution in [2.45, 2.75) is 18.8 Å². The molecule has 2 amide bonds. The summed E-state index contributed by atoms with van der Waals surface area (Å²) in [7, 11) is 0. The molecule has 29 heavy (non-hydrogen) atoms. The third kappa shape index (κ3) is 4.26. The van der Waals surface area contributed by atoms with Gasteiger partial charge in [0, 0.05) is 18.8 Å². The number of hydrogen-bond donors (Lipinski definition) is 1. The Hall–Kier alpha value is -3.29. The van der Waals surface area contributed by atoms with E-state index in [1.54, 1.807) is 4.90 Å². The highest BCUT2D eigenvalue weighted by Crippen LogP contribution is 2.29. The van der Waals surface area contributed by atoms with Crippen molar-refractivity contribution < 1.29 is 22.7 Å². The van der Waals surface area contributed by atoms with E-state index < -0.39 is 11.7 Å². The Kier molecular flexibility index (Phi) is 5.00. The number of alkyl halides is 3. The number of carbonyl (C=O) groups excluding carboxylic acids is 1. The van der Waals surface area contributed by atoms with Gasteiger partial charge in [0.05, 0.1) is 18.7 Å². The number of aromatic nitrogens is 1. The first kappa shape index (κ1) is 19.0. The molecule has 0 saturated carbocycles. The maximum Gasteiger partial charge on any atom is 0.417 e. The zero-order valence-electron chi connectivity index (χ0n) is 15.3. The molecule has 0 spiro atoms. The molecule has 4 rings (SSSR count). The number of benzene rings is 2. The van der Waals surface area contributed by atoms with E-state index >= 15 is 0 Å². The lowest BCUT2D eigenvalue weighted by molar-refractivity contribution is -0.137. The van der Waals surface area contributed by atoms with E-state index in [0.717, 1.165) is 28.6 Å². The minimum Gasteiger partial charge on any atom is -0.471 e. The number of nitrogens with zero attached hydrogens (tertiary/aromatic N) is 2. The van der Waals surface area contributed by atoms with Gasteiger partial charge in [-0.05, 0) is 22.4 Å². The lowest BCUT2D eigenvalue weighted by Gasteiger charge is -2.38. The normalized spacial score (nSPS) is 14.5. The first-order valence-corrected chi connectivity index (χ1v) is 9.09. The number of fused-ring (bicyclic) bond motifs is 1. The van der Waals surface area contributed by atoms with Crippen LogP contribution in [-0.2, 0) is 12.7 Å². The molecule has 1 fully saturated rings. The van der Waals surface area contributed by atoms with Crippen LogP contribution in [0.5, 0.6) is 5.88 Å². The van der Waals surface area contributed by atoms with Crippen LogP contribution in [0, 0.1) is 0 Å². The number of urea groups is 1. The topological polar surface area (TPSA) is 54.5 Å². The lowest BCUT2D eigenvalue weighted by atomic mass is 10.0. The maximum absolute atomic E-state index is 12.5. The molecular weight excluding hydrogens is 383 g/mol. The van der Waals surface area contributed by atoms with Crippen molar-refractivity contribution >= 4 is 16.8 Å². The van der Waals surface area contributed by atoms with Gasteiger partial charge in [0.1, 0.15) is 6.10 Å². The Labute approximate surface area is 165 Å². The molecule has 0 unspecified atom stereocenters. The van der Waals surface area contributed by atoms with E-state index in [1.165, 1.54) is 6.07 Å². The van der Waals surface area contributed by atoms with E-state index in [4.69, 9.17) is 4.74 Å². The first-order valence-electron chi connectivity index (χ1n) is 9.09. The third-order valence-corrected chi connectivity index (χ3v) is 4.80. The fourth-order valence-electron chi connectivity index (χ4n) is 3.20. The van der Waals surface area contributed by atoms with Crippen LogP contribution in [0.1, 0.15) is 11.1 Å². The molecule has 1 aliphatic heterocycles. The summed E-state index contributed by atoms with van der Waals surface area (Å²) in [5.74, 6) is 0.110. The average Bonchev–Trinajstić information content (AvgIpc) is 2.68. The smallest absolute Gasteiger partial charge is 0.417 e. The molecule has 8 heteroatoms. The predicted molar refractivity (Wildman–Crippen MR) is 101 cm³/mol. The number of carbonyl (C=O) groups is 1. The molecule has 0 bridgehead atoms. The fourth-order valence-corrected chi connectivity index (χ4v) is 3.20. The molecule has 0 aliphatic carbocycles. The minimum absolute atomic E-state index is 0.110. The summed E-state index contributed by atoms with van der Waals surface area (Å²) >= 11 is 0. The number of rotatable bonds is 4. The SMILES string of the molecule is O=C(NCc1cccc2ccccc12)N1CC(Oc2ccc(C(F)(F)F)cn2)C1. The maximum atomic E-state index is 12.5.